The summed E-state index contributed by atoms with van der Waals surface area (Å²) in [5, 5.41) is 2.37. The van der Waals surface area contributed by atoms with Gasteiger partial charge in [-0.2, -0.15) is 0 Å². The van der Waals surface area contributed by atoms with Gasteiger partial charge in [-0.15, -0.1) is 0 Å². The Bertz CT molecular complexity index is 49.2. The molecule has 0 heterocycles. The molecule has 0 aliphatic heterocycles. The first-order valence-electron chi connectivity index (χ1n) is 2.10. The van der Waals surface area contributed by atoms with Crippen LogP contribution in [0, 0.1) is 0 Å². The van der Waals surface area contributed by atoms with Crippen molar-refractivity contribution in [2.45, 2.75) is 10.0 Å². The maximum absolute atomic E-state index is 3.62. The van der Waals surface area contributed by atoms with Crippen molar-refractivity contribution < 1.29 is 17.1 Å². The Morgan fingerprint density at radius 3 is 1.86 bits per heavy atom. The van der Waals surface area contributed by atoms with Crippen molar-refractivity contribution >= 4 is 0 Å². The summed E-state index contributed by atoms with van der Waals surface area (Å²) in [6, 6.07) is 0. The van der Waals surface area contributed by atoms with Crippen LogP contribution in [0.15, 0.2) is 25.3 Å². The summed E-state index contributed by atoms with van der Waals surface area (Å²) in [5.74, 6) is 0. The van der Waals surface area contributed by atoms with Crippen LogP contribution in [0.2, 0.25) is 10.0 Å². The molecule has 0 aromatic rings. The second-order valence-electron chi connectivity index (χ2n) is 1.02. The molecule has 0 saturated carbocycles. The van der Waals surface area contributed by atoms with Crippen molar-refractivity contribution in [2.75, 3.05) is 0 Å². The van der Waals surface area contributed by atoms with E-state index in [1.165, 1.54) is 10.0 Å². The van der Waals surface area contributed by atoms with Gasteiger partial charge < -0.3 is 0 Å². The number of allylic oxidation sites excluding steroid dienone is 2. The van der Waals surface area contributed by atoms with Crippen LogP contribution in [-0.4, -0.2) is 0 Å². The maximum atomic E-state index is 3.62. The third-order valence-electron chi connectivity index (χ3n) is 0.385. The van der Waals surface area contributed by atoms with E-state index in [1.54, 1.807) is 0 Å². The molecular formula is C6H10Rh. The van der Waals surface area contributed by atoms with E-state index in [0.29, 0.717) is 17.1 Å². The number of rotatable bonds is 4. The topological polar surface area (TPSA) is 0 Å². The van der Waals surface area contributed by atoms with E-state index < -0.39 is 0 Å². The zero-order valence-electron chi connectivity index (χ0n) is 4.32. The molecule has 0 aliphatic rings. The van der Waals surface area contributed by atoms with Gasteiger partial charge in [0.15, 0.2) is 0 Å². The van der Waals surface area contributed by atoms with Crippen molar-refractivity contribution in [1.29, 1.82) is 0 Å². The molecule has 0 spiro atoms. The zero-order valence-corrected chi connectivity index (χ0v) is 5.96. The number of hydrogen-bond acceptors (Lipinski definition) is 0. The monoisotopic (exact) mass is 185 g/mol. The van der Waals surface area contributed by atoms with E-state index in [9.17, 15) is 0 Å². The molecule has 0 aliphatic carbocycles. The Hall–Kier alpha value is 0.103. The fourth-order valence-electron chi connectivity index (χ4n) is 0.192. The van der Waals surface area contributed by atoms with E-state index in [-0.39, 0.29) is 0 Å². The molecule has 7 heavy (non-hydrogen) atoms. The summed E-state index contributed by atoms with van der Waals surface area (Å²) in [6.45, 7) is 7.23. The van der Waals surface area contributed by atoms with Crippen LogP contribution in [-0.2, 0) is 17.1 Å². The van der Waals surface area contributed by atoms with Crippen LogP contribution in [0.1, 0.15) is 0 Å². The molecule has 0 atom stereocenters. The van der Waals surface area contributed by atoms with Crippen LogP contribution in [0.3, 0.4) is 0 Å². The fourth-order valence-corrected chi connectivity index (χ4v) is 1.13. The van der Waals surface area contributed by atoms with E-state index in [0.717, 1.165) is 0 Å². The van der Waals surface area contributed by atoms with Gasteiger partial charge in [0.1, 0.15) is 0 Å². The molecule has 0 N–H and O–H groups in total. The van der Waals surface area contributed by atoms with E-state index in [1.807, 2.05) is 12.2 Å². The van der Waals surface area contributed by atoms with Gasteiger partial charge >= 0.3 is 52.5 Å². The Morgan fingerprint density at radius 2 is 1.57 bits per heavy atom. The molecule has 0 fully saturated rings. The van der Waals surface area contributed by atoms with Gasteiger partial charge in [0.05, 0.1) is 0 Å². The molecule has 0 saturated heterocycles. The molecule has 0 aromatic heterocycles. The molecule has 0 aromatic carbocycles. The fraction of sp³-hybridized carbons (Fsp3) is 0.333. The molecule has 0 rings (SSSR count). The molecule has 0 bridgehead atoms. The van der Waals surface area contributed by atoms with Crippen molar-refractivity contribution in [3.05, 3.63) is 25.3 Å². The van der Waals surface area contributed by atoms with Gasteiger partial charge in [-0.25, -0.2) is 0 Å². The second kappa shape index (κ2) is 6.10. The predicted molar refractivity (Wildman–Crippen MR) is 30.0 cm³/mol. The minimum atomic E-state index is 0.684. The van der Waals surface area contributed by atoms with Crippen LogP contribution < -0.4 is 0 Å². The Labute approximate surface area is 52.9 Å². The summed E-state index contributed by atoms with van der Waals surface area (Å²) >= 11 is 0.684. The van der Waals surface area contributed by atoms with E-state index in [2.05, 4.69) is 13.2 Å². The first-order valence-corrected chi connectivity index (χ1v) is 4.42. The third-order valence-corrected chi connectivity index (χ3v) is 2.28. The number of hydrogen-bond donors (Lipinski definition) is 0. The predicted octanol–water partition coefficient (Wildman–Crippen LogP) is 2.28. The molecule has 1 heteroatoms. The van der Waals surface area contributed by atoms with Crippen molar-refractivity contribution in [2.24, 2.45) is 0 Å². The Morgan fingerprint density at radius 1 is 1.14 bits per heavy atom. The Kier molecular flexibility index (Phi) is 6.19. The molecule has 43 valence electrons. The average Bonchev–Trinajstić information content (AvgIpc) is 1.69. The normalized spacial score (nSPS) is 8.57. The summed E-state index contributed by atoms with van der Waals surface area (Å²) in [5.41, 5.74) is 0. The van der Waals surface area contributed by atoms with Crippen LogP contribution in [0.4, 0.5) is 0 Å². The third kappa shape index (κ3) is 6.10. The van der Waals surface area contributed by atoms with Crippen molar-refractivity contribution in [3.63, 3.8) is 0 Å². The zero-order chi connectivity index (χ0) is 5.54. The van der Waals surface area contributed by atoms with E-state index >= 15 is 0 Å². The van der Waals surface area contributed by atoms with Gasteiger partial charge in [0.25, 0.3) is 0 Å². The second-order valence-corrected chi connectivity index (χ2v) is 3.17. The molecule has 0 unspecified atom stereocenters. The first kappa shape index (κ1) is 7.10. The first-order chi connectivity index (χ1) is 3.41. The van der Waals surface area contributed by atoms with Gasteiger partial charge in [-0.05, 0) is 0 Å². The summed E-state index contributed by atoms with van der Waals surface area (Å²) < 4.78 is 0. The standard InChI is InChI=1S/2C3H5.Rh/c2*1-3-2;/h2*3H,1-2H2;. The van der Waals surface area contributed by atoms with Crippen LogP contribution in [0.5, 0.6) is 0 Å². The van der Waals surface area contributed by atoms with Gasteiger partial charge in [0.2, 0.25) is 0 Å². The van der Waals surface area contributed by atoms with Gasteiger partial charge in [-0.3, -0.25) is 0 Å². The summed E-state index contributed by atoms with van der Waals surface area (Å²) in [7, 11) is 0. The van der Waals surface area contributed by atoms with Crippen LogP contribution in [0.25, 0.3) is 0 Å². The minimum absolute atomic E-state index is 0.684. The molecule has 0 nitrogen and oxygen atoms in total. The average molecular weight is 185 g/mol. The van der Waals surface area contributed by atoms with Gasteiger partial charge in [-0.1, -0.05) is 0 Å². The van der Waals surface area contributed by atoms with E-state index in [4.69, 9.17) is 0 Å². The van der Waals surface area contributed by atoms with Crippen LogP contribution >= 0.6 is 0 Å². The quantitative estimate of drug-likeness (QED) is 0.358. The van der Waals surface area contributed by atoms with Crippen molar-refractivity contribution in [1.82, 2.24) is 0 Å². The summed E-state index contributed by atoms with van der Waals surface area (Å²) in [4.78, 5) is 0. The Balaban J connectivity index is 2.68. The van der Waals surface area contributed by atoms with Gasteiger partial charge in [0, 0.05) is 0 Å². The SMILES string of the molecule is C=C[CH2][Rh][CH2]C=C. The van der Waals surface area contributed by atoms with Crippen molar-refractivity contribution in [3.8, 4) is 0 Å². The molecule has 0 radical (unpaired) electrons. The molecule has 0 amide bonds. The molecular weight excluding hydrogens is 175 g/mol. The summed E-state index contributed by atoms with van der Waals surface area (Å²) in [6.07, 6.45) is 3.93.